The van der Waals surface area contributed by atoms with Crippen molar-refractivity contribution in [3.05, 3.63) is 47.3 Å². The summed E-state index contributed by atoms with van der Waals surface area (Å²) in [5.74, 6) is 0.416. The zero-order valence-electron chi connectivity index (χ0n) is 38.2. The Morgan fingerprint density at radius 1 is 0.264 bits per heavy atom. The van der Waals surface area contributed by atoms with Crippen molar-refractivity contribution in [3.63, 3.8) is 0 Å². The number of aliphatic hydroxyl groups is 4. The van der Waals surface area contributed by atoms with Crippen LogP contribution in [0.15, 0.2) is 47.3 Å². The minimum absolute atomic E-state index is 0. The average Bonchev–Trinajstić information content (AvgIpc) is 2.85. The third-order valence-electron chi connectivity index (χ3n) is 7.10. The van der Waals surface area contributed by atoms with E-state index >= 15 is 0 Å². The zero-order valence-corrected chi connectivity index (χ0v) is 40.4. The molecule has 0 heterocycles. The van der Waals surface area contributed by atoms with E-state index in [9.17, 15) is 39.6 Å². The molecule has 0 aliphatic heterocycles. The van der Waals surface area contributed by atoms with E-state index in [-0.39, 0.29) is 90.2 Å². The number of hydrogen-bond acceptors (Lipinski definition) is 8. The van der Waals surface area contributed by atoms with Gasteiger partial charge in [0.15, 0.2) is 23.1 Å². The van der Waals surface area contributed by atoms with Crippen molar-refractivity contribution in [2.45, 2.75) is 166 Å². The Balaban J connectivity index is -0.000000192. The van der Waals surface area contributed by atoms with Crippen LogP contribution in [0, 0.1) is 43.3 Å². The number of aliphatic hydroxyl groups excluding tert-OH is 4. The minimum atomic E-state index is -0.417. The van der Waals surface area contributed by atoms with Gasteiger partial charge in [-0.05, 0) is 0 Å². The fourth-order valence-corrected chi connectivity index (χ4v) is 2.23. The predicted octanol–water partition coefficient (Wildman–Crippen LogP) is 12.4. The Labute approximate surface area is 340 Å². The molecule has 0 aromatic heterocycles. The van der Waals surface area contributed by atoms with Crippen molar-refractivity contribution in [3.8, 4) is 0 Å². The second-order valence-electron chi connectivity index (χ2n) is 21.6. The van der Waals surface area contributed by atoms with E-state index in [4.69, 9.17) is 0 Å². The molecule has 0 fully saturated rings. The zero-order chi connectivity index (χ0) is 43.4. The Morgan fingerprint density at radius 2 is 0.358 bits per heavy atom. The molecule has 8 nitrogen and oxygen atoms in total. The summed E-state index contributed by atoms with van der Waals surface area (Å²) >= 11 is 0. The number of rotatable bonds is 4. The first kappa shape index (κ1) is 59.8. The summed E-state index contributed by atoms with van der Waals surface area (Å²) in [5, 5.41) is 38.2. The van der Waals surface area contributed by atoms with Gasteiger partial charge in [0.1, 0.15) is 23.0 Å². The maximum Gasteiger partial charge on any atom is 0.164 e. The molecule has 0 saturated carbocycles. The largest absolute Gasteiger partial charge is 0.512 e. The van der Waals surface area contributed by atoms with Gasteiger partial charge in [-0.3, -0.25) is 19.2 Å². The van der Waals surface area contributed by atoms with E-state index in [1.807, 2.05) is 166 Å². The molecule has 0 amide bonds. The van der Waals surface area contributed by atoms with Crippen molar-refractivity contribution >= 4 is 23.1 Å². The minimum Gasteiger partial charge on any atom is -0.512 e. The summed E-state index contributed by atoms with van der Waals surface area (Å²) in [6.07, 6.45) is 5.33. The molecule has 0 aliphatic carbocycles. The molecule has 0 saturated heterocycles. The molecule has 4 N–H and O–H groups in total. The van der Waals surface area contributed by atoms with Gasteiger partial charge in [0.25, 0.3) is 0 Å². The maximum absolute atomic E-state index is 11.5. The number of allylic oxidation sites excluding steroid dienone is 8. The first-order valence-corrected chi connectivity index (χ1v) is 18.0. The summed E-state index contributed by atoms with van der Waals surface area (Å²) in [6, 6.07) is 0. The van der Waals surface area contributed by atoms with E-state index in [2.05, 4.69) is 0 Å². The van der Waals surface area contributed by atoms with Crippen LogP contribution < -0.4 is 0 Å². The Hall–Kier alpha value is -2.42. The molecule has 1 radical (unpaired) electrons. The third-order valence-corrected chi connectivity index (χ3v) is 7.10. The first-order chi connectivity index (χ1) is 22.2. The second-order valence-corrected chi connectivity index (χ2v) is 21.6. The van der Waals surface area contributed by atoms with Gasteiger partial charge in [-0.1, -0.05) is 166 Å². The van der Waals surface area contributed by atoms with Gasteiger partial charge in [0.2, 0.25) is 0 Å². The standard InChI is InChI=1S/4C11H20O2.Nb/c4*1-10(2,3)8(12)7-9(13)11(4,5)6;/h4*7,12H,1-6H3;. The molecule has 0 rings (SSSR count). The van der Waals surface area contributed by atoms with E-state index in [1.54, 1.807) is 0 Å². The molecular formula is C44H80NbO8. The second kappa shape index (κ2) is 21.6. The van der Waals surface area contributed by atoms with Crippen molar-refractivity contribution in [1.29, 1.82) is 0 Å². The van der Waals surface area contributed by atoms with Crippen molar-refractivity contribution < 1.29 is 62.0 Å². The van der Waals surface area contributed by atoms with Gasteiger partial charge in [-0.2, -0.15) is 0 Å². The quantitative estimate of drug-likeness (QED) is 0.124. The Kier molecular flexibility index (Phi) is 24.4. The Morgan fingerprint density at radius 3 is 0.415 bits per heavy atom. The van der Waals surface area contributed by atoms with Gasteiger partial charge in [0, 0.05) is 90.0 Å². The fraction of sp³-hybridized carbons (Fsp3) is 0.727. The van der Waals surface area contributed by atoms with Crippen LogP contribution in [-0.4, -0.2) is 43.6 Å². The van der Waals surface area contributed by atoms with Crippen LogP contribution in [-0.2, 0) is 41.6 Å². The van der Waals surface area contributed by atoms with Gasteiger partial charge in [-0.25, -0.2) is 0 Å². The normalized spacial score (nSPS) is 14.2. The van der Waals surface area contributed by atoms with Crippen LogP contribution in [0.5, 0.6) is 0 Å². The fourth-order valence-electron chi connectivity index (χ4n) is 2.23. The van der Waals surface area contributed by atoms with Crippen LogP contribution in [0.25, 0.3) is 0 Å². The molecular weight excluding hydrogens is 749 g/mol. The van der Waals surface area contributed by atoms with Crippen LogP contribution in [0.2, 0.25) is 0 Å². The monoisotopic (exact) mass is 829 g/mol. The molecule has 53 heavy (non-hydrogen) atoms. The average molecular weight is 830 g/mol. The molecule has 0 unspecified atom stereocenters. The van der Waals surface area contributed by atoms with E-state index in [0.29, 0.717) is 0 Å². The molecule has 0 aromatic carbocycles. The Bertz CT molecular complexity index is 1110. The van der Waals surface area contributed by atoms with Crippen LogP contribution in [0.1, 0.15) is 166 Å². The van der Waals surface area contributed by atoms with Crippen molar-refractivity contribution in [2.75, 3.05) is 0 Å². The smallest absolute Gasteiger partial charge is 0.164 e. The van der Waals surface area contributed by atoms with Crippen molar-refractivity contribution in [1.82, 2.24) is 0 Å². The van der Waals surface area contributed by atoms with Crippen LogP contribution in [0.4, 0.5) is 0 Å². The van der Waals surface area contributed by atoms with E-state index < -0.39 is 21.7 Å². The van der Waals surface area contributed by atoms with Crippen LogP contribution >= 0.6 is 0 Å². The number of carbonyl (C=O) groups excluding carboxylic acids is 4. The SMILES string of the molecule is CC(C)(C)C(=O)C=C(O)C(C)(C)C.CC(C)(C)C(=O)C=C(O)C(C)(C)C.CC(C)(C)C(=O)C=C(O)C(C)(C)C.CC(C)(C)C(=O)C=C(O)C(C)(C)C.[Nb]. The predicted molar refractivity (Wildman–Crippen MR) is 219 cm³/mol. The molecule has 0 spiro atoms. The summed E-state index contributed by atoms with van der Waals surface area (Å²) in [4.78, 5) is 45.9. The third kappa shape index (κ3) is 29.6. The molecule has 0 aliphatic rings. The number of ketones is 4. The summed E-state index contributed by atoms with van der Waals surface area (Å²) in [7, 11) is 0. The number of carbonyl (C=O) groups is 4. The number of hydrogen-bond donors (Lipinski definition) is 4. The van der Waals surface area contributed by atoms with Gasteiger partial charge in [-0.15, -0.1) is 0 Å². The summed E-state index contributed by atoms with van der Waals surface area (Å²) in [5.41, 5.74) is -3.06. The van der Waals surface area contributed by atoms with Gasteiger partial charge in [0.05, 0.1) is 0 Å². The topological polar surface area (TPSA) is 149 Å². The van der Waals surface area contributed by atoms with Gasteiger partial charge < -0.3 is 20.4 Å². The van der Waals surface area contributed by atoms with E-state index in [1.165, 1.54) is 24.3 Å². The van der Waals surface area contributed by atoms with Crippen LogP contribution in [0.3, 0.4) is 0 Å². The molecule has 309 valence electrons. The maximum atomic E-state index is 11.5. The molecule has 0 bridgehead atoms. The summed E-state index contributed by atoms with van der Waals surface area (Å²) in [6.45, 7) is 44.5. The van der Waals surface area contributed by atoms with Gasteiger partial charge >= 0.3 is 0 Å². The van der Waals surface area contributed by atoms with E-state index in [0.717, 1.165) is 0 Å². The first-order valence-electron chi connectivity index (χ1n) is 18.0. The molecule has 0 aromatic rings. The molecule has 0 atom stereocenters. The van der Waals surface area contributed by atoms with Crippen molar-refractivity contribution in [2.24, 2.45) is 43.3 Å². The molecule has 9 heteroatoms. The summed E-state index contributed by atoms with van der Waals surface area (Å²) < 4.78 is 0.